The minimum atomic E-state index is -0.125. The van der Waals surface area contributed by atoms with Crippen LogP contribution in [0.3, 0.4) is 0 Å². The molecule has 5 heteroatoms. The first-order valence-electron chi connectivity index (χ1n) is 6.03. The van der Waals surface area contributed by atoms with E-state index in [0.29, 0.717) is 25.7 Å². The first-order chi connectivity index (χ1) is 8.20. The minimum Gasteiger partial charge on any atom is -0.394 e. The molecule has 2 fully saturated rings. The monoisotopic (exact) mass is 246 g/mol. The van der Waals surface area contributed by atoms with E-state index in [1.54, 1.807) is 0 Å². The van der Waals surface area contributed by atoms with Crippen molar-refractivity contribution in [2.24, 2.45) is 0 Å². The summed E-state index contributed by atoms with van der Waals surface area (Å²) in [4.78, 5) is 20.9. The summed E-state index contributed by atoms with van der Waals surface area (Å²) in [5.74, 6) is 0.481. The highest BCUT2D eigenvalue weighted by Gasteiger charge is 2.13. The van der Waals surface area contributed by atoms with Crippen molar-refractivity contribution in [3.63, 3.8) is 0 Å². The Kier molecular flexibility index (Phi) is 11.2. The van der Waals surface area contributed by atoms with Gasteiger partial charge >= 0.3 is 0 Å². The van der Waals surface area contributed by atoms with Crippen molar-refractivity contribution in [3.05, 3.63) is 0 Å². The van der Waals surface area contributed by atoms with Crippen LogP contribution < -0.4 is 0 Å². The molecule has 17 heavy (non-hydrogen) atoms. The number of hydrogen-bond donors (Lipinski definition) is 2. The molecule has 2 N–H and O–H groups in total. The van der Waals surface area contributed by atoms with E-state index in [1.165, 1.54) is 12.8 Å². The summed E-state index contributed by atoms with van der Waals surface area (Å²) in [5, 5.41) is 15.2. The lowest BCUT2D eigenvalue weighted by atomic mass is 9.98. The quantitative estimate of drug-likeness (QED) is 0.702. The average Bonchev–Trinajstić information content (AvgIpc) is 2.92. The first kappa shape index (κ1) is 16.2. The smallest absolute Gasteiger partial charge is 0.133 e. The Labute approximate surface area is 102 Å². The number of aliphatic hydroxyl groups is 2. The lowest BCUT2D eigenvalue weighted by molar-refractivity contribution is -0.128. The number of ether oxygens (including phenoxy) is 1. The second kappa shape index (κ2) is 11.7. The molecule has 5 nitrogen and oxygen atoms in total. The van der Waals surface area contributed by atoms with Gasteiger partial charge in [0.1, 0.15) is 11.6 Å². The van der Waals surface area contributed by atoms with Gasteiger partial charge in [0.05, 0.1) is 13.2 Å². The fourth-order valence-corrected chi connectivity index (χ4v) is 1.32. The molecule has 0 unspecified atom stereocenters. The Bertz CT molecular complexity index is 173. The van der Waals surface area contributed by atoms with Crippen LogP contribution >= 0.6 is 0 Å². The van der Waals surface area contributed by atoms with Gasteiger partial charge in [0.2, 0.25) is 0 Å². The Morgan fingerprint density at radius 2 is 1.18 bits per heavy atom. The molecular weight excluding hydrogens is 224 g/mol. The van der Waals surface area contributed by atoms with Crippen molar-refractivity contribution >= 4 is 11.6 Å². The van der Waals surface area contributed by atoms with Crippen LogP contribution in [0.4, 0.5) is 0 Å². The van der Waals surface area contributed by atoms with Gasteiger partial charge in [-0.15, -0.1) is 0 Å². The van der Waals surface area contributed by atoms with Gasteiger partial charge in [-0.3, -0.25) is 9.59 Å². The summed E-state index contributed by atoms with van der Waals surface area (Å²) in [7, 11) is 0. The number of Topliss-reactive ketones (excluding diaryl/α,β-unsaturated/α-hetero) is 2. The molecular formula is C12H22O5. The zero-order chi connectivity index (χ0) is 12.9. The predicted octanol–water partition coefficient (Wildman–Crippen LogP) is 0.466. The van der Waals surface area contributed by atoms with Crippen LogP contribution in [-0.2, 0) is 14.3 Å². The van der Waals surface area contributed by atoms with E-state index in [1.807, 2.05) is 0 Å². The summed E-state index contributed by atoms with van der Waals surface area (Å²) in [5.41, 5.74) is 0. The highest BCUT2D eigenvalue weighted by molar-refractivity contribution is 5.92. The summed E-state index contributed by atoms with van der Waals surface area (Å²) >= 11 is 0. The number of rotatable bonds is 1. The number of aliphatic hydroxyl groups excluding tert-OH is 2. The maximum absolute atomic E-state index is 10.5. The van der Waals surface area contributed by atoms with E-state index < -0.39 is 0 Å². The molecule has 1 heterocycles. The Hall–Kier alpha value is -0.780. The van der Waals surface area contributed by atoms with Gasteiger partial charge in [-0.05, 0) is 12.8 Å². The predicted molar refractivity (Wildman–Crippen MR) is 62.7 cm³/mol. The molecule has 0 bridgehead atoms. The lowest BCUT2D eigenvalue weighted by Crippen LogP contribution is -2.12. The molecule has 1 aliphatic carbocycles. The standard InChI is InChI=1S/C6H8O2.C4H8O.C2H6O2/c7-5-1-2-6(8)4-3-5;1-2-4-5-3-1;3-1-2-4/h1-4H2;1-4H2;3-4H,1-2H2. The van der Waals surface area contributed by atoms with Gasteiger partial charge < -0.3 is 14.9 Å². The fraction of sp³-hybridized carbons (Fsp3) is 0.833. The van der Waals surface area contributed by atoms with Crippen LogP contribution in [-0.4, -0.2) is 48.2 Å². The highest BCUT2D eigenvalue weighted by Crippen LogP contribution is 2.09. The molecule has 0 spiro atoms. The summed E-state index contributed by atoms with van der Waals surface area (Å²) in [6, 6.07) is 0. The number of hydrogen-bond acceptors (Lipinski definition) is 5. The molecule has 0 atom stereocenters. The van der Waals surface area contributed by atoms with Gasteiger partial charge in [0, 0.05) is 38.9 Å². The normalized spacial score (nSPS) is 18.9. The van der Waals surface area contributed by atoms with E-state index >= 15 is 0 Å². The van der Waals surface area contributed by atoms with E-state index in [2.05, 4.69) is 0 Å². The third kappa shape index (κ3) is 11.5. The van der Waals surface area contributed by atoms with Crippen LogP contribution in [0.25, 0.3) is 0 Å². The van der Waals surface area contributed by atoms with E-state index in [0.717, 1.165) is 13.2 Å². The zero-order valence-corrected chi connectivity index (χ0v) is 10.2. The summed E-state index contributed by atoms with van der Waals surface area (Å²) in [6.45, 7) is 1.75. The van der Waals surface area contributed by atoms with Gasteiger partial charge in [0.25, 0.3) is 0 Å². The van der Waals surface area contributed by atoms with Crippen molar-refractivity contribution in [3.8, 4) is 0 Å². The van der Waals surface area contributed by atoms with E-state index in [9.17, 15) is 9.59 Å². The zero-order valence-electron chi connectivity index (χ0n) is 10.2. The van der Waals surface area contributed by atoms with Crippen molar-refractivity contribution in [1.29, 1.82) is 0 Å². The van der Waals surface area contributed by atoms with E-state index in [-0.39, 0.29) is 24.8 Å². The maximum Gasteiger partial charge on any atom is 0.133 e. The second-order valence-electron chi connectivity index (χ2n) is 3.84. The molecule has 0 amide bonds. The topological polar surface area (TPSA) is 83.8 Å². The molecule has 0 aromatic rings. The third-order valence-electron chi connectivity index (χ3n) is 2.29. The molecule has 2 aliphatic rings. The summed E-state index contributed by atoms with van der Waals surface area (Å²) in [6.07, 6.45) is 4.50. The molecule has 100 valence electrons. The van der Waals surface area contributed by atoms with E-state index in [4.69, 9.17) is 14.9 Å². The van der Waals surface area contributed by atoms with Gasteiger partial charge in [-0.2, -0.15) is 0 Å². The van der Waals surface area contributed by atoms with Crippen LogP contribution in [0.5, 0.6) is 0 Å². The number of carbonyl (C=O) groups is 2. The molecule has 1 saturated heterocycles. The molecule has 0 aromatic heterocycles. The van der Waals surface area contributed by atoms with Crippen molar-refractivity contribution in [2.75, 3.05) is 26.4 Å². The van der Waals surface area contributed by atoms with Crippen LogP contribution in [0.2, 0.25) is 0 Å². The number of ketones is 2. The number of carbonyl (C=O) groups excluding carboxylic acids is 2. The third-order valence-corrected chi connectivity index (χ3v) is 2.29. The first-order valence-corrected chi connectivity index (χ1v) is 6.03. The van der Waals surface area contributed by atoms with Crippen molar-refractivity contribution in [2.45, 2.75) is 38.5 Å². The highest BCUT2D eigenvalue weighted by atomic mass is 16.5. The molecule has 1 saturated carbocycles. The second-order valence-corrected chi connectivity index (χ2v) is 3.84. The lowest BCUT2D eigenvalue weighted by Gasteiger charge is -2.04. The van der Waals surface area contributed by atoms with Gasteiger partial charge in [-0.25, -0.2) is 0 Å². The van der Waals surface area contributed by atoms with Gasteiger partial charge in [0.15, 0.2) is 0 Å². The SMILES string of the molecule is C1CCOC1.O=C1CCC(=O)CC1.OCCO. The largest absolute Gasteiger partial charge is 0.394 e. The molecule has 0 aromatic carbocycles. The van der Waals surface area contributed by atoms with Gasteiger partial charge in [-0.1, -0.05) is 0 Å². The Morgan fingerprint density at radius 1 is 0.824 bits per heavy atom. The molecule has 2 rings (SSSR count). The average molecular weight is 246 g/mol. The van der Waals surface area contributed by atoms with Crippen molar-refractivity contribution in [1.82, 2.24) is 0 Å². The van der Waals surface area contributed by atoms with Crippen molar-refractivity contribution < 1.29 is 24.5 Å². The van der Waals surface area contributed by atoms with Crippen LogP contribution in [0.15, 0.2) is 0 Å². The minimum absolute atomic E-state index is 0.125. The molecule has 0 radical (unpaired) electrons. The maximum atomic E-state index is 10.5. The van der Waals surface area contributed by atoms with Crippen LogP contribution in [0.1, 0.15) is 38.5 Å². The molecule has 1 aliphatic heterocycles. The van der Waals surface area contributed by atoms with Crippen LogP contribution in [0, 0.1) is 0 Å². The summed E-state index contributed by atoms with van der Waals surface area (Å²) < 4.78 is 4.94. The fourth-order valence-electron chi connectivity index (χ4n) is 1.32. The Balaban J connectivity index is 0.000000246. The Morgan fingerprint density at radius 3 is 1.35 bits per heavy atom.